The highest BCUT2D eigenvalue weighted by Gasteiger charge is 2.25. The summed E-state index contributed by atoms with van der Waals surface area (Å²) < 4.78 is 34.3. The summed E-state index contributed by atoms with van der Waals surface area (Å²) in [6.45, 7) is 13.9. The smallest absolute Gasteiger partial charge is 0.269 e. The van der Waals surface area contributed by atoms with Crippen LogP contribution in [0.3, 0.4) is 0 Å². The molecule has 0 aliphatic carbocycles. The number of aryl methyl sites for hydroxylation is 3. The summed E-state index contributed by atoms with van der Waals surface area (Å²) >= 11 is 1.54. The van der Waals surface area contributed by atoms with Crippen molar-refractivity contribution in [2.45, 2.75) is 57.6 Å². The maximum atomic E-state index is 13.1. The van der Waals surface area contributed by atoms with Gasteiger partial charge in [0.05, 0.1) is 34.1 Å². The Labute approximate surface area is 254 Å². The summed E-state index contributed by atoms with van der Waals surface area (Å²) in [6.07, 6.45) is 4.31. The maximum Gasteiger partial charge on any atom is 0.269 e. The van der Waals surface area contributed by atoms with Gasteiger partial charge in [-0.25, -0.2) is 23.4 Å². The molecular formula is C31H31N7O3S2. The van der Waals surface area contributed by atoms with Gasteiger partial charge in [0.1, 0.15) is 28.3 Å². The Balaban J connectivity index is 1.48. The lowest BCUT2D eigenvalue weighted by Crippen LogP contribution is -2.19. The van der Waals surface area contributed by atoms with Crippen LogP contribution < -0.4 is 5.32 Å². The molecule has 1 atom stereocenters. The van der Waals surface area contributed by atoms with Gasteiger partial charge in [-0.2, -0.15) is 0 Å². The van der Waals surface area contributed by atoms with Crippen molar-refractivity contribution in [2.75, 3.05) is 18.2 Å². The number of hydrogen-bond acceptors (Lipinski definition) is 9. The van der Waals surface area contributed by atoms with Gasteiger partial charge in [0.2, 0.25) is 0 Å². The minimum atomic E-state index is -3.61. The SMILES string of the molecule is [C-]#[N+]c1cccc(Cc2cc(Nc3ccc(-c4nc(C)c(C)s4)cc3S(C)(=O)=O)c3nc(C)n(C4CCCCO4)c3n2)n1. The molecule has 43 heavy (non-hydrogen) atoms. The summed E-state index contributed by atoms with van der Waals surface area (Å²) in [5, 5.41) is 4.16. The van der Waals surface area contributed by atoms with Crippen molar-refractivity contribution in [3.63, 3.8) is 0 Å². The van der Waals surface area contributed by atoms with E-state index in [1.54, 1.807) is 18.2 Å². The summed E-state index contributed by atoms with van der Waals surface area (Å²) in [5.74, 6) is 1.08. The summed E-state index contributed by atoms with van der Waals surface area (Å²) in [5.41, 5.74) is 5.41. The quantitative estimate of drug-likeness (QED) is 0.198. The zero-order chi connectivity index (χ0) is 30.3. The van der Waals surface area contributed by atoms with Crippen LogP contribution in [0.2, 0.25) is 0 Å². The molecule has 0 amide bonds. The van der Waals surface area contributed by atoms with Crippen molar-refractivity contribution in [3.05, 3.63) is 81.7 Å². The van der Waals surface area contributed by atoms with Gasteiger partial charge in [-0.1, -0.05) is 12.6 Å². The first kappa shape index (κ1) is 28.9. The van der Waals surface area contributed by atoms with Crippen LogP contribution >= 0.6 is 11.3 Å². The molecule has 1 unspecified atom stereocenters. The average molecular weight is 614 g/mol. The number of rotatable bonds is 7. The summed E-state index contributed by atoms with van der Waals surface area (Å²) in [6, 6.07) is 12.6. The number of anilines is 2. The average Bonchev–Trinajstić information content (AvgIpc) is 3.50. The van der Waals surface area contributed by atoms with Gasteiger partial charge in [-0.15, -0.1) is 16.3 Å². The first-order valence-corrected chi connectivity index (χ1v) is 16.7. The Bertz CT molecular complexity index is 1980. The molecule has 12 heteroatoms. The van der Waals surface area contributed by atoms with Crippen molar-refractivity contribution in [1.82, 2.24) is 24.5 Å². The second-order valence-corrected chi connectivity index (χ2v) is 13.9. The number of nitrogens with one attached hydrogen (secondary N) is 1. The molecule has 0 spiro atoms. The van der Waals surface area contributed by atoms with E-state index in [1.807, 2.05) is 49.6 Å². The van der Waals surface area contributed by atoms with Crippen molar-refractivity contribution in [1.29, 1.82) is 0 Å². The minimum Gasteiger partial charge on any atom is -0.361 e. The maximum absolute atomic E-state index is 13.1. The molecule has 1 aromatic carbocycles. The minimum absolute atomic E-state index is 0.167. The molecule has 1 fully saturated rings. The number of pyridine rings is 2. The van der Waals surface area contributed by atoms with E-state index in [0.717, 1.165) is 46.2 Å². The molecule has 0 saturated carbocycles. The predicted octanol–water partition coefficient (Wildman–Crippen LogP) is 6.86. The number of thiazole rings is 1. The van der Waals surface area contributed by atoms with Gasteiger partial charge in [0.15, 0.2) is 15.5 Å². The highest BCUT2D eigenvalue weighted by Crippen LogP contribution is 2.36. The number of benzene rings is 1. The first-order chi connectivity index (χ1) is 20.6. The van der Waals surface area contributed by atoms with E-state index in [1.165, 1.54) is 17.6 Å². The number of nitrogens with zero attached hydrogens (tertiary/aromatic N) is 6. The van der Waals surface area contributed by atoms with E-state index in [0.29, 0.717) is 52.8 Å². The van der Waals surface area contributed by atoms with Gasteiger partial charge in [-0.3, -0.25) is 4.57 Å². The van der Waals surface area contributed by atoms with Crippen molar-refractivity contribution < 1.29 is 13.2 Å². The molecular weight excluding hydrogens is 583 g/mol. The van der Waals surface area contributed by atoms with E-state index < -0.39 is 9.84 Å². The standard InChI is InChI=1S/C31H31N7O3S2/c1-18-19(2)42-31(33-18)21-12-13-24(26(15-21)43(5,39)40)37-25-17-23(16-22-9-8-10-27(32-4)35-22)36-30-29(25)34-20(3)38(30)28-11-6-7-14-41-28/h8-10,12-13,15,17,28H,6-7,11,14,16H2,1-3,5H3,(H,36,37). The third-order valence-electron chi connectivity index (χ3n) is 7.52. The van der Waals surface area contributed by atoms with E-state index in [2.05, 4.69) is 20.1 Å². The zero-order valence-corrected chi connectivity index (χ0v) is 26.0. The summed E-state index contributed by atoms with van der Waals surface area (Å²) in [4.78, 5) is 23.7. The third-order valence-corrected chi connectivity index (χ3v) is 9.77. The zero-order valence-electron chi connectivity index (χ0n) is 24.4. The Hall–Kier alpha value is -4.18. The van der Waals surface area contributed by atoms with Gasteiger partial charge in [0, 0.05) is 23.3 Å². The fraction of sp³-hybridized carbons (Fsp3) is 0.323. The van der Waals surface area contributed by atoms with E-state index in [4.69, 9.17) is 21.3 Å². The highest BCUT2D eigenvalue weighted by atomic mass is 32.2. The van der Waals surface area contributed by atoms with E-state index in [-0.39, 0.29) is 11.1 Å². The number of imidazole rings is 1. The van der Waals surface area contributed by atoms with Crippen LogP contribution in [0.4, 0.5) is 17.2 Å². The fourth-order valence-electron chi connectivity index (χ4n) is 5.30. The number of aromatic nitrogens is 5. The molecule has 5 heterocycles. The van der Waals surface area contributed by atoms with Crippen molar-refractivity contribution >= 4 is 49.5 Å². The van der Waals surface area contributed by atoms with Crippen LogP contribution in [0, 0.1) is 27.3 Å². The molecule has 0 bridgehead atoms. The predicted molar refractivity (Wildman–Crippen MR) is 168 cm³/mol. The largest absolute Gasteiger partial charge is 0.361 e. The van der Waals surface area contributed by atoms with Gasteiger partial charge in [0.25, 0.3) is 5.82 Å². The molecule has 5 aromatic rings. The molecule has 10 nitrogen and oxygen atoms in total. The number of sulfone groups is 1. The van der Waals surface area contributed by atoms with Crippen LogP contribution in [0.1, 0.15) is 53.3 Å². The van der Waals surface area contributed by atoms with Gasteiger partial charge in [-0.05, 0) is 76.4 Å². The number of hydrogen-bond donors (Lipinski definition) is 1. The Morgan fingerprint density at radius 2 is 1.88 bits per heavy atom. The van der Waals surface area contributed by atoms with Crippen LogP contribution in [0.5, 0.6) is 0 Å². The highest BCUT2D eigenvalue weighted by molar-refractivity contribution is 7.90. The van der Waals surface area contributed by atoms with Crippen LogP contribution in [-0.4, -0.2) is 45.8 Å². The van der Waals surface area contributed by atoms with Gasteiger partial charge >= 0.3 is 0 Å². The molecule has 6 rings (SSSR count). The van der Waals surface area contributed by atoms with E-state index in [9.17, 15) is 8.42 Å². The lowest BCUT2D eigenvalue weighted by atomic mass is 10.1. The Kier molecular flexibility index (Phi) is 7.72. The lowest BCUT2D eigenvalue weighted by molar-refractivity contribution is -0.0309. The Morgan fingerprint density at radius 1 is 1.05 bits per heavy atom. The number of ether oxygens (including phenoxy) is 1. The summed E-state index contributed by atoms with van der Waals surface area (Å²) in [7, 11) is -3.61. The molecule has 220 valence electrons. The first-order valence-electron chi connectivity index (χ1n) is 14.0. The lowest BCUT2D eigenvalue weighted by Gasteiger charge is -2.25. The normalized spacial score (nSPS) is 15.5. The Morgan fingerprint density at radius 3 is 2.58 bits per heavy atom. The van der Waals surface area contributed by atoms with Gasteiger partial charge < -0.3 is 14.9 Å². The number of fused-ring (bicyclic) bond motifs is 1. The van der Waals surface area contributed by atoms with Crippen molar-refractivity contribution in [2.24, 2.45) is 0 Å². The fourth-order valence-corrected chi connectivity index (χ4v) is 7.07. The molecule has 1 N–H and O–H groups in total. The third kappa shape index (κ3) is 5.88. The monoisotopic (exact) mass is 613 g/mol. The second-order valence-electron chi connectivity index (χ2n) is 10.7. The topological polar surface area (TPSA) is 116 Å². The molecule has 0 radical (unpaired) electrons. The molecule has 4 aromatic heterocycles. The molecule has 1 aliphatic heterocycles. The molecule has 1 aliphatic rings. The molecule has 1 saturated heterocycles. The van der Waals surface area contributed by atoms with E-state index >= 15 is 0 Å². The van der Waals surface area contributed by atoms with Crippen LogP contribution in [-0.2, 0) is 21.0 Å². The second kappa shape index (κ2) is 11.5. The van der Waals surface area contributed by atoms with Crippen LogP contribution in [0.25, 0.3) is 26.6 Å². The van der Waals surface area contributed by atoms with Crippen molar-refractivity contribution in [3.8, 4) is 10.6 Å². The van der Waals surface area contributed by atoms with Crippen LogP contribution in [0.15, 0.2) is 47.4 Å².